The lowest BCUT2D eigenvalue weighted by molar-refractivity contribution is -0.145. The maximum atomic E-state index is 12.6. The van der Waals surface area contributed by atoms with Gasteiger partial charge in [0.1, 0.15) is 5.75 Å². The maximum Gasteiger partial charge on any atom is 0.240 e. The third kappa shape index (κ3) is 4.00. The summed E-state index contributed by atoms with van der Waals surface area (Å²) >= 11 is 1.46. The van der Waals surface area contributed by atoms with Crippen molar-refractivity contribution in [2.45, 2.75) is 37.9 Å². The van der Waals surface area contributed by atoms with E-state index < -0.39 is 0 Å². The lowest BCUT2D eigenvalue weighted by Crippen LogP contribution is -2.57. The molecule has 152 valence electrons. The van der Waals surface area contributed by atoms with Crippen LogP contribution in [0, 0.1) is 0 Å². The number of thiazole rings is 1. The van der Waals surface area contributed by atoms with Crippen LogP contribution in [0.15, 0.2) is 18.2 Å². The molecule has 3 heterocycles. The normalized spacial score (nSPS) is 25.4. The summed E-state index contributed by atoms with van der Waals surface area (Å²) in [6, 6.07) is 5.78. The van der Waals surface area contributed by atoms with Gasteiger partial charge in [-0.15, -0.1) is 0 Å². The van der Waals surface area contributed by atoms with E-state index in [1.54, 1.807) is 7.11 Å². The van der Waals surface area contributed by atoms with Gasteiger partial charge < -0.3 is 19.5 Å². The molecule has 4 rings (SSSR count). The van der Waals surface area contributed by atoms with E-state index in [2.05, 4.69) is 15.2 Å². The second kappa shape index (κ2) is 8.32. The first-order valence-corrected chi connectivity index (χ1v) is 10.7. The van der Waals surface area contributed by atoms with Gasteiger partial charge >= 0.3 is 0 Å². The zero-order valence-corrected chi connectivity index (χ0v) is 17.2. The van der Waals surface area contributed by atoms with Crippen LogP contribution < -0.4 is 10.1 Å². The van der Waals surface area contributed by atoms with Gasteiger partial charge in [0.25, 0.3) is 0 Å². The lowest BCUT2D eigenvalue weighted by atomic mass is 9.86. The summed E-state index contributed by atoms with van der Waals surface area (Å²) in [6.07, 6.45) is 3.04. The van der Waals surface area contributed by atoms with Crippen LogP contribution in [-0.4, -0.2) is 67.5 Å². The molecule has 2 fully saturated rings. The summed E-state index contributed by atoms with van der Waals surface area (Å²) in [5, 5.41) is 3.55. The number of benzene rings is 1. The minimum atomic E-state index is -0.160. The first kappa shape index (κ1) is 19.6. The smallest absolute Gasteiger partial charge is 0.240 e. The Balaban J connectivity index is 1.36. The highest BCUT2D eigenvalue weighted by molar-refractivity contribution is 7.22. The van der Waals surface area contributed by atoms with Crippen molar-refractivity contribution >= 4 is 32.6 Å². The fourth-order valence-corrected chi connectivity index (χ4v) is 5.09. The van der Waals surface area contributed by atoms with Gasteiger partial charge in [0.15, 0.2) is 5.13 Å². The highest BCUT2D eigenvalue weighted by Crippen LogP contribution is 2.37. The SMILES string of the molecule is CCOc1ccc2nc(NC(=O)CN3CC[C@@]4(CCCO4)[C@H](OC)C3)sc2c1. The van der Waals surface area contributed by atoms with Gasteiger partial charge in [-0.3, -0.25) is 9.69 Å². The van der Waals surface area contributed by atoms with Crippen LogP contribution in [0.3, 0.4) is 0 Å². The molecule has 0 saturated carbocycles. The predicted octanol–water partition coefficient (Wildman–Crippen LogP) is 2.90. The first-order chi connectivity index (χ1) is 13.6. The van der Waals surface area contributed by atoms with Gasteiger partial charge in [-0.2, -0.15) is 0 Å². The van der Waals surface area contributed by atoms with E-state index >= 15 is 0 Å². The summed E-state index contributed by atoms with van der Waals surface area (Å²) in [4.78, 5) is 19.2. The Kier molecular flexibility index (Phi) is 5.82. The molecule has 2 saturated heterocycles. The molecule has 7 nitrogen and oxygen atoms in total. The minimum absolute atomic E-state index is 0.0102. The molecular weight excluding hydrogens is 378 g/mol. The average molecular weight is 406 g/mol. The Bertz CT molecular complexity index is 834. The number of piperidine rings is 1. The van der Waals surface area contributed by atoms with Crippen molar-refractivity contribution in [3.63, 3.8) is 0 Å². The van der Waals surface area contributed by atoms with Crippen molar-refractivity contribution in [2.24, 2.45) is 0 Å². The van der Waals surface area contributed by atoms with Gasteiger partial charge in [-0.05, 0) is 44.4 Å². The van der Waals surface area contributed by atoms with E-state index in [1.165, 1.54) is 11.3 Å². The molecule has 2 aliphatic rings. The van der Waals surface area contributed by atoms with Crippen LogP contribution in [0.4, 0.5) is 5.13 Å². The molecular formula is C20H27N3O4S. The Morgan fingerprint density at radius 2 is 2.36 bits per heavy atom. The Labute approximate surface area is 169 Å². The number of anilines is 1. The molecule has 2 aliphatic heterocycles. The molecule has 8 heteroatoms. The van der Waals surface area contributed by atoms with E-state index in [1.807, 2.05) is 25.1 Å². The largest absolute Gasteiger partial charge is 0.494 e. The summed E-state index contributed by atoms with van der Waals surface area (Å²) in [5.74, 6) is 0.765. The highest BCUT2D eigenvalue weighted by Gasteiger charge is 2.46. The Morgan fingerprint density at radius 1 is 1.46 bits per heavy atom. The fraction of sp³-hybridized carbons (Fsp3) is 0.600. The van der Waals surface area contributed by atoms with Crippen molar-refractivity contribution < 1.29 is 19.0 Å². The van der Waals surface area contributed by atoms with E-state index in [-0.39, 0.29) is 17.6 Å². The van der Waals surface area contributed by atoms with Crippen molar-refractivity contribution in [1.29, 1.82) is 0 Å². The summed E-state index contributed by atoms with van der Waals surface area (Å²) in [5.41, 5.74) is 0.703. The average Bonchev–Trinajstić information content (AvgIpc) is 3.30. The number of carbonyl (C=O) groups excluding carboxylic acids is 1. The predicted molar refractivity (Wildman–Crippen MR) is 109 cm³/mol. The number of fused-ring (bicyclic) bond motifs is 1. The third-order valence-electron chi connectivity index (χ3n) is 5.56. The van der Waals surface area contributed by atoms with Crippen molar-refractivity contribution in [3.05, 3.63) is 18.2 Å². The molecule has 1 aromatic carbocycles. The van der Waals surface area contributed by atoms with Crippen molar-refractivity contribution in [2.75, 3.05) is 45.3 Å². The second-order valence-corrected chi connectivity index (χ2v) is 8.39. The topological polar surface area (TPSA) is 72.9 Å². The van der Waals surface area contributed by atoms with Gasteiger partial charge in [0.05, 0.1) is 35.1 Å². The molecule has 2 aromatic rings. The Morgan fingerprint density at radius 3 is 3.11 bits per heavy atom. The molecule has 0 radical (unpaired) electrons. The molecule has 0 bridgehead atoms. The number of hydrogen-bond donors (Lipinski definition) is 1. The molecule has 0 unspecified atom stereocenters. The van der Waals surface area contributed by atoms with E-state index in [9.17, 15) is 4.79 Å². The number of carbonyl (C=O) groups is 1. The van der Waals surface area contributed by atoms with Crippen molar-refractivity contribution in [1.82, 2.24) is 9.88 Å². The number of likely N-dealkylation sites (tertiary alicyclic amines) is 1. The zero-order valence-electron chi connectivity index (χ0n) is 16.4. The standard InChI is InChI=1S/C20H27N3O4S/c1-3-26-14-5-6-15-16(11-14)28-19(21-15)22-18(24)13-23-9-8-20(7-4-10-27-20)17(12-23)25-2/h5-6,11,17H,3-4,7-10,12-13H2,1-2H3,(H,21,22,24)/t17-,20+/m1/s1. The quantitative estimate of drug-likeness (QED) is 0.797. The molecule has 1 N–H and O–H groups in total. The molecule has 1 spiro atoms. The number of aromatic nitrogens is 1. The maximum absolute atomic E-state index is 12.6. The Hall–Kier alpha value is -1.74. The summed E-state index contributed by atoms with van der Waals surface area (Å²) in [7, 11) is 1.73. The van der Waals surface area contributed by atoms with Gasteiger partial charge in [0, 0.05) is 26.8 Å². The molecule has 0 aliphatic carbocycles. The van der Waals surface area contributed by atoms with Gasteiger partial charge in [-0.25, -0.2) is 4.98 Å². The van der Waals surface area contributed by atoms with E-state index in [0.29, 0.717) is 24.8 Å². The minimum Gasteiger partial charge on any atom is -0.494 e. The van der Waals surface area contributed by atoms with Gasteiger partial charge in [-0.1, -0.05) is 11.3 Å². The van der Waals surface area contributed by atoms with Crippen LogP contribution in [-0.2, 0) is 14.3 Å². The van der Waals surface area contributed by atoms with Crippen LogP contribution in [0.2, 0.25) is 0 Å². The second-order valence-electron chi connectivity index (χ2n) is 7.36. The highest BCUT2D eigenvalue weighted by atomic mass is 32.1. The zero-order chi connectivity index (χ0) is 19.6. The van der Waals surface area contributed by atoms with E-state index in [4.69, 9.17) is 14.2 Å². The molecule has 2 atom stereocenters. The van der Waals surface area contributed by atoms with Crippen LogP contribution in [0.1, 0.15) is 26.2 Å². The van der Waals surface area contributed by atoms with E-state index in [0.717, 1.165) is 48.4 Å². The number of methoxy groups -OCH3 is 1. The number of nitrogens with zero attached hydrogens (tertiary/aromatic N) is 2. The van der Waals surface area contributed by atoms with Crippen LogP contribution in [0.5, 0.6) is 5.75 Å². The number of ether oxygens (including phenoxy) is 3. The number of hydrogen-bond acceptors (Lipinski definition) is 7. The first-order valence-electron chi connectivity index (χ1n) is 9.84. The lowest BCUT2D eigenvalue weighted by Gasteiger charge is -2.44. The fourth-order valence-electron chi connectivity index (χ4n) is 4.18. The number of nitrogens with one attached hydrogen (secondary N) is 1. The number of amides is 1. The molecule has 1 aromatic heterocycles. The molecule has 1 amide bonds. The monoisotopic (exact) mass is 405 g/mol. The summed E-state index contributed by atoms with van der Waals surface area (Å²) in [6.45, 7) is 5.27. The molecule has 28 heavy (non-hydrogen) atoms. The van der Waals surface area contributed by atoms with Crippen LogP contribution >= 0.6 is 11.3 Å². The van der Waals surface area contributed by atoms with Crippen LogP contribution in [0.25, 0.3) is 10.2 Å². The number of rotatable bonds is 6. The van der Waals surface area contributed by atoms with Crippen molar-refractivity contribution in [3.8, 4) is 5.75 Å². The summed E-state index contributed by atoms with van der Waals surface area (Å²) < 4.78 is 18.3. The third-order valence-corrected chi connectivity index (χ3v) is 6.50. The van der Waals surface area contributed by atoms with Gasteiger partial charge in [0.2, 0.25) is 5.91 Å².